The van der Waals surface area contributed by atoms with Gasteiger partial charge in [-0.1, -0.05) is 140 Å². The van der Waals surface area contributed by atoms with Crippen LogP contribution in [0.2, 0.25) is 22.7 Å². The number of fused-ring (bicyclic) bond motifs is 2. The second kappa shape index (κ2) is 12.8. The zero-order valence-electron chi connectivity index (χ0n) is 29.7. The predicted octanol–water partition coefficient (Wildman–Crippen LogP) is 9.69. The van der Waals surface area contributed by atoms with Crippen LogP contribution in [0.15, 0.2) is 72.0 Å². The van der Waals surface area contributed by atoms with Gasteiger partial charge in [-0.05, 0) is 60.3 Å². The first-order chi connectivity index (χ1) is 21.2. The summed E-state index contributed by atoms with van der Waals surface area (Å²) in [5.74, 6) is 1.09. The maximum atomic E-state index is 15.1. The Morgan fingerprint density at radius 3 is 2.04 bits per heavy atom. The SMILES string of the molecule is CC(C)[Si](CC1=C(O[C@H]2OC[C@H]3CC[C@]2(C)C3(C)C)C(=O)[C@@](C)(NCCc2ccccc2)[C@@H]1c1ccccc1)(C(C)C)C(C)C. The number of carbonyl (C=O) groups excluding carboxylic acids is 1. The molecule has 2 aliphatic carbocycles. The predicted molar refractivity (Wildman–Crippen MR) is 189 cm³/mol. The Morgan fingerprint density at radius 2 is 1.47 bits per heavy atom. The van der Waals surface area contributed by atoms with E-state index in [1.165, 1.54) is 16.7 Å². The van der Waals surface area contributed by atoms with E-state index < -0.39 is 19.9 Å². The molecule has 0 amide bonds. The quantitative estimate of drug-likeness (QED) is 0.238. The normalized spacial score (nSPS) is 29.8. The topological polar surface area (TPSA) is 47.6 Å². The van der Waals surface area contributed by atoms with Crippen LogP contribution in [0.3, 0.4) is 0 Å². The standard InChI is InChI=1S/C40H59NO3Si/c1-27(2)45(28(3)4,29(5)6)26-33-34(31-19-15-12-16-20-31)40(10,41-24-22-30-17-13-11-14-18-30)36(42)35(33)44-37-39(9)23-21-32(25-43-37)38(39,7)8/h11-20,27-29,32,34,37,41H,21-26H2,1-10H3/t32-,34-,37-,39+,40+/m1/s1. The fraction of sp³-hybridized carbons (Fsp3) is 0.625. The van der Waals surface area contributed by atoms with Gasteiger partial charge in [-0.25, -0.2) is 0 Å². The molecule has 3 aliphatic rings. The van der Waals surface area contributed by atoms with Gasteiger partial charge in [0, 0.05) is 17.9 Å². The molecular weight excluding hydrogens is 571 g/mol. The highest BCUT2D eigenvalue weighted by atomic mass is 28.3. The number of ketones is 1. The van der Waals surface area contributed by atoms with E-state index >= 15 is 4.79 Å². The van der Waals surface area contributed by atoms with Gasteiger partial charge in [0.05, 0.1) is 20.2 Å². The van der Waals surface area contributed by atoms with Crippen molar-refractivity contribution < 1.29 is 14.3 Å². The largest absolute Gasteiger partial charge is 0.461 e. The Kier molecular flexibility index (Phi) is 9.68. The summed E-state index contributed by atoms with van der Waals surface area (Å²) >= 11 is 0. The molecule has 5 heteroatoms. The number of carbonyl (C=O) groups is 1. The third-order valence-electron chi connectivity index (χ3n) is 13.2. The average molecular weight is 630 g/mol. The van der Waals surface area contributed by atoms with Gasteiger partial charge in [-0.2, -0.15) is 0 Å². The summed E-state index contributed by atoms with van der Waals surface area (Å²) in [5.41, 5.74) is 4.46. The van der Waals surface area contributed by atoms with E-state index in [-0.39, 0.29) is 22.5 Å². The maximum absolute atomic E-state index is 15.1. The van der Waals surface area contributed by atoms with Crippen LogP contribution in [0.4, 0.5) is 0 Å². The summed E-state index contributed by atoms with van der Waals surface area (Å²) in [4.78, 5) is 15.1. The lowest BCUT2D eigenvalue weighted by Crippen LogP contribution is -2.54. The summed E-state index contributed by atoms with van der Waals surface area (Å²) in [6.45, 7) is 25.2. The van der Waals surface area contributed by atoms with Gasteiger partial charge < -0.3 is 14.8 Å². The van der Waals surface area contributed by atoms with E-state index in [1.807, 2.05) is 0 Å². The zero-order chi connectivity index (χ0) is 32.8. The second-order valence-corrected chi connectivity index (χ2v) is 22.3. The number of Topliss-reactive ketones (excluding diaryl/α,β-unsaturated/α-hetero) is 1. The molecule has 4 nitrogen and oxygen atoms in total. The second-order valence-electron chi connectivity index (χ2n) is 16.3. The van der Waals surface area contributed by atoms with Crippen LogP contribution in [0, 0.1) is 16.7 Å². The smallest absolute Gasteiger partial charge is 0.218 e. The van der Waals surface area contributed by atoms with E-state index in [1.54, 1.807) is 0 Å². The Hall–Kier alpha value is -2.21. The number of benzene rings is 2. The fourth-order valence-corrected chi connectivity index (χ4v) is 16.0. The van der Waals surface area contributed by atoms with Crippen LogP contribution in [0.5, 0.6) is 0 Å². The first-order valence-electron chi connectivity index (χ1n) is 17.6. The lowest BCUT2D eigenvalue weighted by Gasteiger charge is -2.50. The summed E-state index contributed by atoms with van der Waals surface area (Å²) in [6.07, 6.45) is 2.64. The molecular formula is C40H59NO3Si. The molecule has 0 spiro atoms. The van der Waals surface area contributed by atoms with Crippen molar-refractivity contribution in [2.75, 3.05) is 13.2 Å². The molecule has 1 heterocycles. The van der Waals surface area contributed by atoms with Crippen molar-refractivity contribution in [3.05, 3.63) is 83.1 Å². The van der Waals surface area contributed by atoms with Crippen molar-refractivity contribution >= 4 is 13.9 Å². The summed E-state index contributed by atoms with van der Waals surface area (Å²) in [5, 5.41) is 3.84. The Morgan fingerprint density at radius 1 is 0.889 bits per heavy atom. The zero-order valence-corrected chi connectivity index (χ0v) is 30.7. The van der Waals surface area contributed by atoms with E-state index in [0.29, 0.717) is 41.5 Å². The minimum Gasteiger partial charge on any atom is -0.461 e. The molecule has 1 saturated carbocycles. The van der Waals surface area contributed by atoms with Gasteiger partial charge in [-0.3, -0.25) is 4.79 Å². The lowest BCUT2D eigenvalue weighted by molar-refractivity contribution is -0.248. The van der Waals surface area contributed by atoms with Crippen molar-refractivity contribution in [3.63, 3.8) is 0 Å². The molecule has 1 N–H and O–H groups in total. The summed E-state index contributed by atoms with van der Waals surface area (Å²) in [6, 6.07) is 22.2. The third kappa shape index (κ3) is 5.69. The van der Waals surface area contributed by atoms with E-state index in [2.05, 4.69) is 135 Å². The molecule has 246 valence electrons. The summed E-state index contributed by atoms with van der Waals surface area (Å²) < 4.78 is 13.7. The number of nitrogens with one attached hydrogen (secondary N) is 1. The number of hydrogen-bond acceptors (Lipinski definition) is 4. The number of rotatable bonds is 12. The Bertz CT molecular complexity index is 1340. The monoisotopic (exact) mass is 629 g/mol. The molecule has 2 bridgehead atoms. The van der Waals surface area contributed by atoms with E-state index in [0.717, 1.165) is 25.3 Å². The molecule has 2 fully saturated rings. The molecule has 2 aromatic carbocycles. The molecule has 2 aromatic rings. The molecule has 5 atom stereocenters. The maximum Gasteiger partial charge on any atom is 0.218 e. The van der Waals surface area contributed by atoms with Crippen LogP contribution in [0.1, 0.15) is 99.1 Å². The third-order valence-corrected chi connectivity index (χ3v) is 20.6. The molecule has 1 aliphatic heterocycles. The van der Waals surface area contributed by atoms with Gasteiger partial charge >= 0.3 is 0 Å². The Labute approximate surface area is 274 Å². The van der Waals surface area contributed by atoms with Gasteiger partial charge in [0.2, 0.25) is 12.1 Å². The van der Waals surface area contributed by atoms with E-state index in [9.17, 15) is 0 Å². The first kappa shape index (κ1) is 34.1. The summed E-state index contributed by atoms with van der Waals surface area (Å²) in [7, 11) is -1.97. The minimum atomic E-state index is -1.97. The van der Waals surface area contributed by atoms with Crippen LogP contribution < -0.4 is 5.32 Å². The number of ether oxygens (including phenoxy) is 2. The first-order valence-corrected chi connectivity index (χ1v) is 20.0. The van der Waals surface area contributed by atoms with Crippen LogP contribution in [-0.4, -0.2) is 38.8 Å². The van der Waals surface area contributed by atoms with Crippen molar-refractivity contribution in [2.24, 2.45) is 16.7 Å². The van der Waals surface area contributed by atoms with Crippen LogP contribution >= 0.6 is 0 Å². The number of hydrogen-bond donors (Lipinski definition) is 1. The molecule has 0 aromatic heterocycles. The van der Waals surface area contributed by atoms with Crippen molar-refractivity contribution in [3.8, 4) is 0 Å². The minimum absolute atomic E-state index is 0.0840. The van der Waals surface area contributed by atoms with Gasteiger partial charge in [0.15, 0.2) is 5.76 Å². The molecule has 45 heavy (non-hydrogen) atoms. The molecule has 0 radical (unpaired) electrons. The van der Waals surface area contributed by atoms with E-state index in [4.69, 9.17) is 9.47 Å². The average Bonchev–Trinajstić information content (AvgIpc) is 3.24. The van der Waals surface area contributed by atoms with Crippen molar-refractivity contribution in [2.45, 2.75) is 129 Å². The fourth-order valence-electron chi connectivity index (χ4n) is 9.71. The molecule has 0 unspecified atom stereocenters. The highest BCUT2D eigenvalue weighted by Crippen LogP contribution is 2.62. The molecule has 5 rings (SSSR count). The molecule has 1 saturated heterocycles. The van der Waals surface area contributed by atoms with Gasteiger partial charge in [0.25, 0.3) is 0 Å². The van der Waals surface area contributed by atoms with Crippen LogP contribution in [-0.2, 0) is 20.7 Å². The van der Waals surface area contributed by atoms with Gasteiger partial charge in [-0.15, -0.1) is 0 Å². The van der Waals surface area contributed by atoms with Crippen LogP contribution in [0.25, 0.3) is 0 Å². The Balaban J connectivity index is 1.64. The van der Waals surface area contributed by atoms with Gasteiger partial charge in [0.1, 0.15) is 0 Å². The lowest BCUT2D eigenvalue weighted by atomic mass is 9.64. The van der Waals surface area contributed by atoms with Crippen molar-refractivity contribution in [1.29, 1.82) is 0 Å². The highest BCUT2D eigenvalue weighted by Gasteiger charge is 2.62. The van der Waals surface area contributed by atoms with Crippen molar-refractivity contribution in [1.82, 2.24) is 5.32 Å². The highest BCUT2D eigenvalue weighted by molar-refractivity contribution is 6.84.